The van der Waals surface area contributed by atoms with E-state index in [1.165, 1.54) is 39.0 Å². The molecule has 0 bridgehead atoms. The molecule has 8 heterocycles. The van der Waals surface area contributed by atoms with Gasteiger partial charge < -0.3 is 8.83 Å². The Hall–Kier alpha value is -11.5. The highest BCUT2D eigenvalue weighted by Gasteiger charge is 2.24. The molecule has 94 heavy (non-hydrogen) atoms. The molecule has 0 radical (unpaired) electrons. The maximum absolute atomic E-state index is 6.42. The van der Waals surface area contributed by atoms with E-state index in [9.17, 15) is 0 Å². The van der Waals surface area contributed by atoms with Gasteiger partial charge in [0.15, 0.2) is 34.9 Å². The van der Waals surface area contributed by atoms with E-state index in [-0.39, 0.29) is 0 Å². The molecular weight excluding hydrogens is 1230 g/mol. The summed E-state index contributed by atoms with van der Waals surface area (Å²) in [5, 5.41) is 10.9. The molecule has 0 fully saturated rings. The summed E-state index contributed by atoms with van der Waals surface area (Å²) in [6.45, 7) is 0. The lowest BCUT2D eigenvalue weighted by atomic mass is 10.0. The minimum atomic E-state index is 0.574. The molecule has 0 aliphatic heterocycles. The van der Waals surface area contributed by atoms with E-state index in [1.54, 1.807) is 45.3 Å². The number of thiophene rings is 2. The van der Waals surface area contributed by atoms with Crippen LogP contribution >= 0.6 is 45.3 Å². The molecule has 0 atom stereocenters. The van der Waals surface area contributed by atoms with Gasteiger partial charge in [-0.3, -0.25) is 0 Å². The zero-order valence-electron chi connectivity index (χ0n) is 49.4. The molecule has 12 aromatic carbocycles. The zero-order valence-corrected chi connectivity index (χ0v) is 52.7. The Labute approximate surface area is 551 Å². The van der Waals surface area contributed by atoms with E-state index in [2.05, 4.69) is 140 Å². The zero-order chi connectivity index (χ0) is 61.8. The topological polar surface area (TPSA) is 129 Å². The first-order valence-electron chi connectivity index (χ1n) is 30.6. The summed E-state index contributed by atoms with van der Waals surface area (Å²) in [5.41, 5.74) is 13.1. The van der Waals surface area contributed by atoms with E-state index in [0.29, 0.717) is 34.9 Å². The van der Waals surface area contributed by atoms with Crippen LogP contribution in [0.3, 0.4) is 0 Å². The Kier molecular flexibility index (Phi) is 12.8. The van der Waals surface area contributed by atoms with E-state index in [1.807, 2.05) is 127 Å². The average Bonchev–Trinajstić information content (AvgIpc) is 1.59. The maximum Gasteiger partial charge on any atom is 0.167 e. The second-order valence-corrected chi connectivity index (χ2v) is 27.0. The van der Waals surface area contributed by atoms with Crippen LogP contribution in [0.4, 0.5) is 0 Å². The third-order valence-corrected chi connectivity index (χ3v) is 21.7. The van der Waals surface area contributed by atoms with Gasteiger partial charge in [-0.1, -0.05) is 200 Å². The molecule has 8 aromatic heterocycles. The summed E-state index contributed by atoms with van der Waals surface area (Å²) in [6, 6.07) is 91.2. The van der Waals surface area contributed by atoms with Crippen LogP contribution in [-0.4, -0.2) is 39.9 Å². The van der Waals surface area contributed by atoms with Crippen LogP contribution in [-0.2, 0) is 0 Å². The Bertz CT molecular complexity index is 6340. The summed E-state index contributed by atoms with van der Waals surface area (Å²) in [5.74, 6) is 3.67. The number of furan rings is 2. The Balaban J connectivity index is 0.000000133. The molecule has 0 spiro atoms. The molecule has 0 N–H and O–H groups in total. The molecule has 0 unspecified atom stereocenters. The molecular formula is C80H44N8O2S4. The van der Waals surface area contributed by atoms with Gasteiger partial charge in [0.05, 0.1) is 26.0 Å². The smallest absolute Gasteiger partial charge is 0.167 e. The van der Waals surface area contributed by atoms with Gasteiger partial charge in [-0.2, -0.15) is 0 Å². The predicted octanol–water partition coefficient (Wildman–Crippen LogP) is 22.8. The van der Waals surface area contributed by atoms with Crippen molar-refractivity contribution in [2.24, 2.45) is 0 Å². The number of rotatable bonds is 8. The number of fused-ring (bicyclic) bond motifs is 14. The maximum atomic E-state index is 6.42. The summed E-state index contributed by atoms with van der Waals surface area (Å²) in [7, 11) is 0. The molecule has 0 aliphatic carbocycles. The molecule has 14 heteroatoms. The van der Waals surface area contributed by atoms with Crippen LogP contribution in [0.15, 0.2) is 276 Å². The number of benzene rings is 12. The van der Waals surface area contributed by atoms with Crippen molar-refractivity contribution in [2.75, 3.05) is 0 Å². The van der Waals surface area contributed by atoms with Crippen molar-refractivity contribution in [2.45, 2.75) is 0 Å². The summed E-state index contributed by atoms with van der Waals surface area (Å²) in [4.78, 5) is 40.5. The van der Waals surface area contributed by atoms with Gasteiger partial charge in [0.1, 0.15) is 32.3 Å². The number of para-hydroxylation sites is 5. The van der Waals surface area contributed by atoms with Gasteiger partial charge in [0, 0.05) is 101 Å². The minimum Gasteiger partial charge on any atom is -0.456 e. The number of nitrogens with zero attached hydrogens (tertiary/aromatic N) is 8. The highest BCUT2D eigenvalue weighted by molar-refractivity contribution is 7.28. The van der Waals surface area contributed by atoms with Crippen molar-refractivity contribution in [1.29, 1.82) is 0 Å². The number of hydrogen-bond donors (Lipinski definition) is 0. The van der Waals surface area contributed by atoms with E-state index < -0.39 is 0 Å². The second-order valence-electron chi connectivity index (χ2n) is 22.8. The highest BCUT2D eigenvalue weighted by Crippen LogP contribution is 2.48. The lowest BCUT2D eigenvalue weighted by molar-refractivity contribution is 0.669. The lowest BCUT2D eigenvalue weighted by Crippen LogP contribution is -2.00. The average molecular weight is 1280 g/mol. The van der Waals surface area contributed by atoms with Crippen molar-refractivity contribution in [3.8, 4) is 89.5 Å². The fourth-order valence-corrected chi connectivity index (χ4v) is 17.5. The summed E-state index contributed by atoms with van der Waals surface area (Å²) < 4.78 is 19.8. The van der Waals surface area contributed by atoms with Crippen molar-refractivity contribution in [3.63, 3.8) is 0 Å². The Morgan fingerprint density at radius 3 is 1.19 bits per heavy atom. The normalized spacial score (nSPS) is 11.8. The van der Waals surface area contributed by atoms with Gasteiger partial charge >= 0.3 is 0 Å². The van der Waals surface area contributed by atoms with Crippen molar-refractivity contribution in [3.05, 3.63) is 267 Å². The molecule has 0 amide bonds. The third kappa shape index (κ3) is 9.17. The van der Waals surface area contributed by atoms with E-state index in [4.69, 9.17) is 48.7 Å². The van der Waals surface area contributed by atoms with Crippen LogP contribution < -0.4 is 0 Å². The van der Waals surface area contributed by atoms with E-state index >= 15 is 0 Å². The molecule has 20 aromatic rings. The summed E-state index contributed by atoms with van der Waals surface area (Å²) in [6.07, 6.45) is 0. The highest BCUT2D eigenvalue weighted by atomic mass is 32.1. The first kappa shape index (κ1) is 54.2. The molecule has 440 valence electrons. The van der Waals surface area contributed by atoms with Gasteiger partial charge in [-0.05, 0) is 66.7 Å². The number of hydrogen-bond acceptors (Lipinski definition) is 14. The van der Waals surface area contributed by atoms with Crippen LogP contribution in [0.1, 0.15) is 0 Å². The second kappa shape index (κ2) is 22.1. The van der Waals surface area contributed by atoms with Crippen molar-refractivity contribution in [1.82, 2.24) is 39.9 Å². The Morgan fingerprint density at radius 1 is 0.234 bits per heavy atom. The largest absolute Gasteiger partial charge is 0.456 e. The fourth-order valence-electron chi connectivity index (χ4n) is 12.8. The standard InChI is InChI=1S/2C40H22N4OS2/c1-2-11-23(12-3-1)37-42-38(44-39(43-37)28-17-8-14-25-24-13-4-6-20-31(24)45-35(25)28)27-16-10-22-33-34(27)26-15-9-18-29(36(26)46-33)40-41-30-19-5-7-21-32(30)47-40;1-2-10-23(11-3-1)37-42-38(24-20-21-26-25-12-4-6-17-31(25)45-32(26)22-24)44-39(43-37)28-14-9-19-34-35(28)27-13-8-15-29(36(27)46-34)40-41-30-16-5-7-18-33(30)47-40/h2*1-22H. The third-order valence-electron chi connectivity index (χ3n) is 17.2. The molecule has 20 rings (SSSR count). The fraction of sp³-hybridized carbons (Fsp3) is 0. The molecule has 0 saturated heterocycles. The van der Waals surface area contributed by atoms with Crippen LogP contribution in [0.2, 0.25) is 0 Å². The van der Waals surface area contributed by atoms with E-state index in [0.717, 1.165) is 120 Å². The Morgan fingerprint density at radius 2 is 0.628 bits per heavy atom. The monoisotopic (exact) mass is 1280 g/mol. The quantitative estimate of drug-likeness (QED) is 0.145. The van der Waals surface area contributed by atoms with Gasteiger partial charge in [0.2, 0.25) is 0 Å². The minimum absolute atomic E-state index is 0.574. The molecule has 0 saturated carbocycles. The van der Waals surface area contributed by atoms with Gasteiger partial charge in [0.25, 0.3) is 0 Å². The van der Waals surface area contributed by atoms with Gasteiger partial charge in [-0.25, -0.2) is 39.9 Å². The first-order valence-corrected chi connectivity index (χ1v) is 33.9. The van der Waals surface area contributed by atoms with Crippen LogP contribution in [0.5, 0.6) is 0 Å². The van der Waals surface area contributed by atoms with Gasteiger partial charge in [-0.15, -0.1) is 45.3 Å². The van der Waals surface area contributed by atoms with Crippen LogP contribution in [0.25, 0.3) is 194 Å². The molecule has 0 aliphatic rings. The number of aromatic nitrogens is 8. The SMILES string of the molecule is c1ccc(-c2nc(-c3ccc4c(c3)oc3ccccc34)nc(-c3cccc4sc5c(-c6nc7ccccc7s6)cccc5c34)n2)cc1.c1ccc(-c2nc(-c3cccc4c3oc3ccccc34)nc(-c3cccc4sc5c(-c6nc7ccccc7s6)cccc5c34)n2)cc1. The first-order chi connectivity index (χ1) is 46.5. The lowest BCUT2D eigenvalue weighted by Gasteiger charge is -2.10. The van der Waals surface area contributed by atoms with Crippen molar-refractivity contribution >= 4 is 150 Å². The molecule has 10 nitrogen and oxygen atoms in total. The number of thiazole rings is 2. The van der Waals surface area contributed by atoms with Crippen molar-refractivity contribution < 1.29 is 8.83 Å². The predicted molar refractivity (Wildman–Crippen MR) is 390 cm³/mol. The van der Waals surface area contributed by atoms with Crippen LogP contribution in [0, 0.1) is 0 Å². The summed E-state index contributed by atoms with van der Waals surface area (Å²) >= 11 is 7.04.